The van der Waals surface area contributed by atoms with Crippen LogP contribution in [0.5, 0.6) is 0 Å². The summed E-state index contributed by atoms with van der Waals surface area (Å²) in [5, 5.41) is 0. The Morgan fingerprint density at radius 2 is 1.73 bits per heavy atom. The summed E-state index contributed by atoms with van der Waals surface area (Å²) in [7, 11) is 2.35. The zero-order valence-corrected chi connectivity index (χ0v) is 8.94. The molecule has 0 aliphatic rings. The maximum atomic E-state index is 2.37. The Labute approximate surface area is 73.0 Å². The van der Waals surface area contributed by atoms with Gasteiger partial charge in [0.15, 0.2) is 0 Å². The lowest BCUT2D eigenvalue weighted by molar-refractivity contribution is 0.226. The van der Waals surface area contributed by atoms with Crippen molar-refractivity contribution < 1.29 is 0 Å². The first-order valence-electron chi connectivity index (χ1n) is 4.76. The average Bonchev–Trinajstić information content (AvgIpc) is 1.89. The molecule has 0 aromatic carbocycles. The highest BCUT2D eigenvalue weighted by Crippen LogP contribution is 2.40. The van der Waals surface area contributed by atoms with Gasteiger partial charge in [-0.1, -0.05) is 53.7 Å². The van der Waals surface area contributed by atoms with E-state index in [0.29, 0.717) is 5.41 Å². The molecule has 0 saturated carbocycles. The molecule has 1 radical (unpaired) electrons. The highest BCUT2D eigenvalue weighted by molar-refractivity contribution is 6.35. The zero-order chi connectivity index (χ0) is 9.07. The van der Waals surface area contributed by atoms with E-state index in [1.807, 2.05) is 0 Å². The van der Waals surface area contributed by atoms with Crippen LogP contribution in [0, 0.1) is 11.3 Å². The minimum atomic E-state index is 0.462. The van der Waals surface area contributed by atoms with Crippen LogP contribution in [0.25, 0.3) is 0 Å². The maximum Gasteiger partial charge on any atom is 0.110 e. The molecule has 0 heterocycles. The standard InChI is InChI=1S/C10H22B/c1-7-9(11-6)10(4,5)8(2)3/h8-9H,7H2,1-6H3. The summed E-state index contributed by atoms with van der Waals surface area (Å²) in [4.78, 5) is 0. The van der Waals surface area contributed by atoms with Crippen molar-refractivity contribution in [2.45, 2.75) is 53.7 Å². The number of rotatable bonds is 4. The summed E-state index contributed by atoms with van der Waals surface area (Å²) in [5.41, 5.74) is 0.462. The lowest BCUT2D eigenvalue weighted by Crippen LogP contribution is -2.27. The molecule has 0 N–H and O–H groups in total. The first-order valence-corrected chi connectivity index (χ1v) is 4.76. The second kappa shape index (κ2) is 4.18. The van der Waals surface area contributed by atoms with Gasteiger partial charge in [0.05, 0.1) is 0 Å². The van der Waals surface area contributed by atoms with Crippen LogP contribution in [0.4, 0.5) is 0 Å². The molecular formula is C10H22B. The third kappa shape index (κ3) is 2.54. The van der Waals surface area contributed by atoms with Crippen LogP contribution in [0.15, 0.2) is 0 Å². The minimum absolute atomic E-state index is 0.462. The second-order valence-electron chi connectivity index (χ2n) is 4.32. The van der Waals surface area contributed by atoms with Crippen molar-refractivity contribution in [3.05, 3.63) is 0 Å². The smallest absolute Gasteiger partial charge is 0.0917 e. The van der Waals surface area contributed by atoms with E-state index in [2.05, 4.69) is 48.7 Å². The van der Waals surface area contributed by atoms with Gasteiger partial charge in [-0.15, -0.1) is 0 Å². The van der Waals surface area contributed by atoms with Gasteiger partial charge < -0.3 is 0 Å². The molecule has 0 aliphatic heterocycles. The molecule has 0 saturated heterocycles. The second-order valence-corrected chi connectivity index (χ2v) is 4.32. The molecular weight excluding hydrogens is 131 g/mol. The Morgan fingerprint density at radius 3 is 1.82 bits per heavy atom. The predicted octanol–water partition coefficient (Wildman–Crippen LogP) is 3.62. The molecule has 0 aromatic heterocycles. The first-order chi connectivity index (χ1) is 4.96. The van der Waals surface area contributed by atoms with Crippen molar-refractivity contribution in [3.63, 3.8) is 0 Å². The number of hydrogen-bond donors (Lipinski definition) is 0. The van der Waals surface area contributed by atoms with Gasteiger partial charge in [0.2, 0.25) is 0 Å². The van der Waals surface area contributed by atoms with E-state index in [9.17, 15) is 0 Å². The molecule has 0 spiro atoms. The lowest BCUT2D eigenvalue weighted by atomic mass is 9.52. The largest absolute Gasteiger partial charge is 0.110 e. The van der Waals surface area contributed by atoms with E-state index in [1.165, 1.54) is 6.42 Å². The molecule has 0 rings (SSSR count). The van der Waals surface area contributed by atoms with Gasteiger partial charge in [-0.2, -0.15) is 0 Å². The van der Waals surface area contributed by atoms with Crippen molar-refractivity contribution in [1.29, 1.82) is 0 Å². The summed E-state index contributed by atoms with van der Waals surface area (Å²) >= 11 is 0. The number of hydrogen-bond acceptors (Lipinski definition) is 0. The fourth-order valence-corrected chi connectivity index (χ4v) is 1.62. The molecule has 0 aromatic rings. The Bertz CT molecular complexity index is 101. The zero-order valence-electron chi connectivity index (χ0n) is 8.94. The SMILES string of the molecule is C[B]C(CC)C(C)(C)C(C)C. The monoisotopic (exact) mass is 153 g/mol. The summed E-state index contributed by atoms with van der Waals surface area (Å²) in [6.45, 7) is 13.8. The van der Waals surface area contributed by atoms with Crippen molar-refractivity contribution in [1.82, 2.24) is 0 Å². The molecule has 0 amide bonds. The van der Waals surface area contributed by atoms with E-state index >= 15 is 0 Å². The van der Waals surface area contributed by atoms with Gasteiger partial charge in [-0.25, -0.2) is 0 Å². The van der Waals surface area contributed by atoms with Crippen LogP contribution < -0.4 is 0 Å². The molecule has 1 heteroatoms. The summed E-state index contributed by atoms with van der Waals surface area (Å²) in [6.07, 6.45) is 1.27. The Kier molecular flexibility index (Phi) is 4.21. The van der Waals surface area contributed by atoms with Crippen molar-refractivity contribution in [3.8, 4) is 0 Å². The third-order valence-corrected chi connectivity index (χ3v) is 3.29. The van der Waals surface area contributed by atoms with E-state index in [4.69, 9.17) is 0 Å². The maximum absolute atomic E-state index is 2.37. The van der Waals surface area contributed by atoms with E-state index < -0.39 is 0 Å². The molecule has 0 aliphatic carbocycles. The van der Waals surface area contributed by atoms with Gasteiger partial charge in [-0.05, 0) is 11.3 Å². The van der Waals surface area contributed by atoms with Crippen LogP contribution >= 0.6 is 0 Å². The molecule has 0 bridgehead atoms. The first kappa shape index (κ1) is 11.1. The van der Waals surface area contributed by atoms with E-state index in [-0.39, 0.29) is 0 Å². The van der Waals surface area contributed by atoms with E-state index in [1.54, 1.807) is 0 Å². The quantitative estimate of drug-likeness (QED) is 0.541. The van der Waals surface area contributed by atoms with Crippen molar-refractivity contribution in [2.24, 2.45) is 11.3 Å². The normalized spacial score (nSPS) is 15.2. The highest BCUT2D eigenvalue weighted by atomic mass is 14.3. The van der Waals surface area contributed by atoms with Crippen LogP contribution in [0.1, 0.15) is 41.0 Å². The van der Waals surface area contributed by atoms with E-state index in [0.717, 1.165) is 11.7 Å². The Balaban J connectivity index is 4.24. The van der Waals surface area contributed by atoms with Crippen molar-refractivity contribution >= 4 is 7.28 Å². The minimum Gasteiger partial charge on any atom is -0.0917 e. The lowest BCUT2D eigenvalue weighted by Gasteiger charge is -2.37. The molecule has 1 atom stereocenters. The fourth-order valence-electron chi connectivity index (χ4n) is 1.62. The molecule has 0 nitrogen and oxygen atoms in total. The van der Waals surface area contributed by atoms with Crippen LogP contribution in [-0.2, 0) is 0 Å². The third-order valence-electron chi connectivity index (χ3n) is 3.29. The van der Waals surface area contributed by atoms with Gasteiger partial charge >= 0.3 is 0 Å². The predicted molar refractivity (Wildman–Crippen MR) is 54.3 cm³/mol. The molecule has 0 fully saturated rings. The topological polar surface area (TPSA) is 0 Å². The van der Waals surface area contributed by atoms with Crippen LogP contribution in [0.3, 0.4) is 0 Å². The van der Waals surface area contributed by atoms with Gasteiger partial charge in [0.1, 0.15) is 7.28 Å². The summed E-state index contributed by atoms with van der Waals surface area (Å²) in [5.74, 6) is 1.53. The summed E-state index contributed by atoms with van der Waals surface area (Å²) < 4.78 is 0. The van der Waals surface area contributed by atoms with Gasteiger partial charge in [-0.3, -0.25) is 0 Å². The van der Waals surface area contributed by atoms with Crippen LogP contribution in [-0.4, -0.2) is 7.28 Å². The Morgan fingerprint density at radius 1 is 1.27 bits per heavy atom. The highest BCUT2D eigenvalue weighted by Gasteiger charge is 2.29. The summed E-state index contributed by atoms with van der Waals surface area (Å²) in [6, 6.07) is 0. The molecule has 65 valence electrons. The fraction of sp³-hybridized carbons (Fsp3) is 1.00. The molecule has 11 heavy (non-hydrogen) atoms. The average molecular weight is 153 g/mol. The molecule has 1 unspecified atom stereocenters. The van der Waals surface area contributed by atoms with Gasteiger partial charge in [0.25, 0.3) is 0 Å². The van der Waals surface area contributed by atoms with Crippen molar-refractivity contribution in [2.75, 3.05) is 0 Å². The van der Waals surface area contributed by atoms with Crippen LogP contribution in [0.2, 0.25) is 12.6 Å². The van der Waals surface area contributed by atoms with Gasteiger partial charge in [0, 0.05) is 0 Å². The Hall–Kier alpha value is 0.0649.